The zero-order chi connectivity index (χ0) is 33.5. The van der Waals surface area contributed by atoms with Crippen molar-refractivity contribution >= 4 is 65.8 Å². The van der Waals surface area contributed by atoms with Crippen LogP contribution >= 0.6 is 0 Å². The fourth-order valence-corrected chi connectivity index (χ4v) is 7.31. The third kappa shape index (κ3) is 4.40. The summed E-state index contributed by atoms with van der Waals surface area (Å²) in [6.07, 6.45) is 0. The third-order valence-corrected chi connectivity index (χ3v) is 9.75. The molecule has 11 rings (SSSR count). The van der Waals surface area contributed by atoms with Crippen LogP contribution in [0.15, 0.2) is 165 Å². The second-order valence-electron chi connectivity index (χ2n) is 12.8. The molecule has 0 aliphatic carbocycles. The van der Waals surface area contributed by atoms with E-state index >= 15 is 0 Å². The number of furan rings is 3. The summed E-state index contributed by atoms with van der Waals surface area (Å²) in [6, 6.07) is 51.2. The maximum absolute atomic E-state index is 6.43. The molecule has 6 nitrogen and oxygen atoms in total. The van der Waals surface area contributed by atoms with Crippen LogP contribution in [0.5, 0.6) is 0 Å². The summed E-state index contributed by atoms with van der Waals surface area (Å²) >= 11 is 0. The van der Waals surface area contributed by atoms with E-state index in [4.69, 9.17) is 28.2 Å². The Balaban J connectivity index is 1.11. The van der Waals surface area contributed by atoms with E-state index in [9.17, 15) is 0 Å². The van der Waals surface area contributed by atoms with Crippen molar-refractivity contribution in [2.24, 2.45) is 0 Å². The minimum Gasteiger partial charge on any atom is -0.456 e. The molecule has 0 fully saturated rings. The lowest BCUT2D eigenvalue weighted by atomic mass is 9.99. The quantitative estimate of drug-likeness (QED) is 0.188. The van der Waals surface area contributed by atoms with E-state index in [1.807, 2.05) is 97.1 Å². The summed E-state index contributed by atoms with van der Waals surface area (Å²) in [6.45, 7) is 0. The lowest BCUT2D eigenvalue weighted by Crippen LogP contribution is -2.00. The number of fused-ring (bicyclic) bond motifs is 9. The van der Waals surface area contributed by atoms with Crippen LogP contribution in [0.1, 0.15) is 0 Å². The van der Waals surface area contributed by atoms with Crippen LogP contribution in [-0.4, -0.2) is 15.0 Å². The van der Waals surface area contributed by atoms with Crippen molar-refractivity contribution in [3.05, 3.63) is 152 Å². The van der Waals surface area contributed by atoms with Crippen molar-refractivity contribution in [3.8, 4) is 45.3 Å². The summed E-state index contributed by atoms with van der Waals surface area (Å²) in [7, 11) is 0. The second kappa shape index (κ2) is 10.7. The highest BCUT2D eigenvalue weighted by Gasteiger charge is 2.19. The Morgan fingerprint density at radius 2 is 0.765 bits per heavy atom. The topological polar surface area (TPSA) is 78.1 Å². The molecule has 0 atom stereocenters. The van der Waals surface area contributed by atoms with Crippen LogP contribution in [-0.2, 0) is 0 Å². The van der Waals surface area contributed by atoms with Gasteiger partial charge in [-0.2, -0.15) is 0 Å². The SMILES string of the molecule is c1ccc(-c2nc(-c3ccc4oc5ccccc5c4c3)nc(-c3cccc4oc5ccc(-c6ccc7oc8ccccc8c7c6)cc5c34)n2)cc1. The molecule has 11 aromatic rings. The molecule has 238 valence electrons. The smallest absolute Gasteiger partial charge is 0.164 e. The Morgan fingerprint density at radius 1 is 0.294 bits per heavy atom. The first-order chi connectivity index (χ1) is 25.2. The molecule has 0 aliphatic rings. The van der Waals surface area contributed by atoms with Gasteiger partial charge in [-0.25, -0.2) is 15.0 Å². The predicted octanol–water partition coefficient (Wildman–Crippen LogP) is 12.2. The molecule has 0 unspecified atom stereocenters. The Hall–Kier alpha value is -7.05. The molecular formula is C45H25N3O3. The lowest BCUT2D eigenvalue weighted by Gasteiger charge is -2.09. The summed E-state index contributed by atoms with van der Waals surface area (Å²) in [5.74, 6) is 1.75. The van der Waals surface area contributed by atoms with Crippen molar-refractivity contribution in [2.45, 2.75) is 0 Å². The van der Waals surface area contributed by atoms with Crippen molar-refractivity contribution in [1.82, 2.24) is 15.0 Å². The molecule has 6 heteroatoms. The number of para-hydroxylation sites is 2. The van der Waals surface area contributed by atoms with Gasteiger partial charge in [-0.15, -0.1) is 0 Å². The molecule has 4 aromatic heterocycles. The first-order valence-electron chi connectivity index (χ1n) is 16.8. The van der Waals surface area contributed by atoms with Gasteiger partial charge in [0.2, 0.25) is 0 Å². The lowest BCUT2D eigenvalue weighted by molar-refractivity contribution is 0.668. The first kappa shape index (κ1) is 27.9. The van der Waals surface area contributed by atoms with Gasteiger partial charge in [-0.1, -0.05) is 91.0 Å². The van der Waals surface area contributed by atoms with Crippen LogP contribution in [0.4, 0.5) is 0 Å². The molecule has 0 radical (unpaired) electrons. The van der Waals surface area contributed by atoms with E-state index in [0.717, 1.165) is 93.6 Å². The van der Waals surface area contributed by atoms with E-state index in [1.165, 1.54) is 0 Å². The van der Waals surface area contributed by atoms with Crippen LogP contribution in [0.25, 0.3) is 111 Å². The molecule has 0 bridgehead atoms. The van der Waals surface area contributed by atoms with E-state index in [-0.39, 0.29) is 0 Å². The zero-order valence-electron chi connectivity index (χ0n) is 27.0. The molecule has 0 aliphatic heterocycles. The standard InChI is InChI=1S/C45H25N3O3/c1-2-9-26(10-3-1)43-46-44(29-19-22-39-34(25-29)31-12-5-7-15-37(31)50-39)48-45(47-43)32-13-8-16-41-42(32)35-24-28(18-21-40(35)51-41)27-17-20-38-33(23-27)30-11-4-6-14-36(30)49-38/h1-25H. The van der Waals surface area contributed by atoms with Gasteiger partial charge < -0.3 is 13.3 Å². The number of benzene rings is 7. The predicted molar refractivity (Wildman–Crippen MR) is 203 cm³/mol. The number of nitrogens with zero attached hydrogens (tertiary/aromatic N) is 3. The van der Waals surface area contributed by atoms with E-state index in [2.05, 4.69) is 54.6 Å². The normalized spacial score (nSPS) is 11.9. The molecular weight excluding hydrogens is 631 g/mol. The minimum atomic E-state index is 0.570. The van der Waals surface area contributed by atoms with Crippen LogP contribution in [0.3, 0.4) is 0 Å². The van der Waals surface area contributed by atoms with Crippen molar-refractivity contribution in [3.63, 3.8) is 0 Å². The second-order valence-corrected chi connectivity index (χ2v) is 12.8. The van der Waals surface area contributed by atoms with E-state index in [1.54, 1.807) is 0 Å². The van der Waals surface area contributed by atoms with Gasteiger partial charge in [-0.05, 0) is 71.8 Å². The number of hydrogen-bond acceptors (Lipinski definition) is 6. The largest absolute Gasteiger partial charge is 0.456 e. The van der Waals surface area contributed by atoms with Crippen molar-refractivity contribution in [1.29, 1.82) is 0 Å². The summed E-state index contributed by atoms with van der Waals surface area (Å²) in [4.78, 5) is 15.2. The minimum absolute atomic E-state index is 0.570. The van der Waals surface area contributed by atoms with Crippen molar-refractivity contribution < 1.29 is 13.3 Å². The zero-order valence-corrected chi connectivity index (χ0v) is 27.0. The first-order valence-corrected chi connectivity index (χ1v) is 16.8. The highest BCUT2D eigenvalue weighted by molar-refractivity contribution is 6.13. The number of rotatable bonds is 4. The van der Waals surface area contributed by atoms with Gasteiger partial charge in [0, 0.05) is 49.0 Å². The fourth-order valence-electron chi connectivity index (χ4n) is 7.31. The monoisotopic (exact) mass is 655 g/mol. The van der Waals surface area contributed by atoms with Crippen molar-refractivity contribution in [2.75, 3.05) is 0 Å². The fraction of sp³-hybridized carbons (Fsp3) is 0. The highest BCUT2D eigenvalue weighted by Crippen LogP contribution is 2.40. The van der Waals surface area contributed by atoms with Gasteiger partial charge in [0.15, 0.2) is 17.5 Å². The summed E-state index contributed by atoms with van der Waals surface area (Å²) in [5.41, 5.74) is 9.83. The van der Waals surface area contributed by atoms with E-state index in [0.29, 0.717) is 17.5 Å². The molecule has 7 aromatic carbocycles. The maximum Gasteiger partial charge on any atom is 0.164 e. The molecule has 0 amide bonds. The molecule has 4 heterocycles. The number of hydrogen-bond donors (Lipinski definition) is 0. The third-order valence-electron chi connectivity index (χ3n) is 9.75. The van der Waals surface area contributed by atoms with Gasteiger partial charge in [0.1, 0.15) is 33.5 Å². The Bertz CT molecular complexity index is 3150. The van der Waals surface area contributed by atoms with Crippen LogP contribution in [0, 0.1) is 0 Å². The maximum atomic E-state index is 6.43. The average molecular weight is 656 g/mol. The Labute approximate surface area is 290 Å². The number of aromatic nitrogens is 3. The highest BCUT2D eigenvalue weighted by atomic mass is 16.3. The van der Waals surface area contributed by atoms with Crippen LogP contribution in [0.2, 0.25) is 0 Å². The molecule has 0 saturated carbocycles. The van der Waals surface area contributed by atoms with Crippen LogP contribution < -0.4 is 0 Å². The molecule has 51 heavy (non-hydrogen) atoms. The molecule has 0 N–H and O–H groups in total. The molecule has 0 spiro atoms. The average Bonchev–Trinajstić information content (AvgIpc) is 3.88. The summed E-state index contributed by atoms with van der Waals surface area (Å²) in [5, 5.41) is 6.21. The summed E-state index contributed by atoms with van der Waals surface area (Å²) < 4.78 is 18.7. The van der Waals surface area contributed by atoms with Gasteiger partial charge in [0.25, 0.3) is 0 Å². The Morgan fingerprint density at radius 3 is 1.45 bits per heavy atom. The van der Waals surface area contributed by atoms with Gasteiger partial charge >= 0.3 is 0 Å². The van der Waals surface area contributed by atoms with Gasteiger partial charge in [-0.3, -0.25) is 0 Å². The molecule has 0 saturated heterocycles. The Kier molecular flexibility index (Phi) is 5.86. The van der Waals surface area contributed by atoms with E-state index < -0.39 is 0 Å². The van der Waals surface area contributed by atoms with Gasteiger partial charge in [0.05, 0.1) is 0 Å².